The Morgan fingerprint density at radius 1 is 1.12 bits per heavy atom. The molecule has 0 N–H and O–H groups in total. The highest BCUT2D eigenvalue weighted by Crippen LogP contribution is 2.36. The molecule has 0 saturated heterocycles. The Morgan fingerprint density at radius 2 is 1.69 bits per heavy atom. The maximum atomic E-state index is 11.3. The molecule has 1 fully saturated rings. The quantitative estimate of drug-likeness (QED) is 0.752. The minimum Gasteiger partial charge on any atom is -0.300 e. The average Bonchev–Trinajstić information content (AvgIpc) is 2.30. The second-order valence-electron chi connectivity index (χ2n) is 4.71. The van der Waals surface area contributed by atoms with Gasteiger partial charge in [0.1, 0.15) is 5.78 Å². The summed E-state index contributed by atoms with van der Waals surface area (Å²) < 4.78 is 0. The van der Waals surface area contributed by atoms with Gasteiger partial charge in [-0.25, -0.2) is 0 Å². The van der Waals surface area contributed by atoms with Crippen molar-refractivity contribution in [2.24, 2.45) is 5.92 Å². The van der Waals surface area contributed by atoms with Gasteiger partial charge < -0.3 is 0 Å². The average molecular weight is 237 g/mol. The third-order valence-corrected chi connectivity index (χ3v) is 3.90. The zero-order valence-corrected chi connectivity index (χ0v) is 10.3. The molecule has 0 radical (unpaired) electrons. The van der Waals surface area contributed by atoms with Crippen LogP contribution in [0, 0.1) is 5.92 Å². The van der Waals surface area contributed by atoms with Crippen molar-refractivity contribution >= 4 is 17.4 Å². The zero-order chi connectivity index (χ0) is 11.5. The molecule has 0 bridgehead atoms. The molecule has 16 heavy (non-hydrogen) atoms. The first-order valence-corrected chi connectivity index (χ1v) is 6.30. The summed E-state index contributed by atoms with van der Waals surface area (Å²) in [7, 11) is 0. The molecule has 0 aromatic heterocycles. The number of Topliss-reactive ketones (excluding diaryl/α,β-unsaturated/α-hetero) is 1. The third-order valence-electron chi connectivity index (χ3n) is 3.64. The predicted octanol–water partition coefficient (Wildman–Crippen LogP) is 4.20. The van der Waals surface area contributed by atoms with E-state index in [1.54, 1.807) is 6.92 Å². The van der Waals surface area contributed by atoms with Gasteiger partial charge in [0.05, 0.1) is 0 Å². The number of halogens is 1. The van der Waals surface area contributed by atoms with E-state index in [2.05, 4.69) is 12.1 Å². The van der Waals surface area contributed by atoms with Crippen LogP contribution in [0.5, 0.6) is 0 Å². The second kappa shape index (κ2) is 5.01. The molecular weight excluding hydrogens is 220 g/mol. The standard InChI is InChI=1S/C14H17ClO/c1-10(16)11-2-4-12(5-3-11)13-6-8-14(15)9-7-13/h6-9,11-12H,2-5H2,1H3. The van der Waals surface area contributed by atoms with E-state index in [4.69, 9.17) is 11.6 Å². The first-order valence-electron chi connectivity index (χ1n) is 5.92. The summed E-state index contributed by atoms with van der Waals surface area (Å²) in [5, 5.41) is 0.793. The van der Waals surface area contributed by atoms with E-state index in [9.17, 15) is 4.79 Å². The van der Waals surface area contributed by atoms with Crippen molar-refractivity contribution < 1.29 is 4.79 Å². The lowest BCUT2D eigenvalue weighted by molar-refractivity contribution is -0.121. The number of carbonyl (C=O) groups is 1. The molecule has 0 amide bonds. The maximum Gasteiger partial charge on any atom is 0.132 e. The van der Waals surface area contributed by atoms with Crippen molar-refractivity contribution in [1.82, 2.24) is 0 Å². The van der Waals surface area contributed by atoms with Crippen LogP contribution in [0.1, 0.15) is 44.1 Å². The smallest absolute Gasteiger partial charge is 0.132 e. The van der Waals surface area contributed by atoms with Crippen molar-refractivity contribution in [3.63, 3.8) is 0 Å². The van der Waals surface area contributed by atoms with Crippen LogP contribution in [0.2, 0.25) is 5.02 Å². The summed E-state index contributed by atoms with van der Waals surface area (Å²) >= 11 is 5.87. The fourth-order valence-corrected chi connectivity index (χ4v) is 2.69. The molecule has 2 heteroatoms. The molecule has 1 aliphatic carbocycles. The van der Waals surface area contributed by atoms with Gasteiger partial charge >= 0.3 is 0 Å². The van der Waals surface area contributed by atoms with Gasteiger partial charge in [0.25, 0.3) is 0 Å². The van der Waals surface area contributed by atoms with Crippen LogP contribution in [0.4, 0.5) is 0 Å². The van der Waals surface area contributed by atoms with Gasteiger partial charge in [-0.1, -0.05) is 23.7 Å². The van der Waals surface area contributed by atoms with E-state index in [0.717, 1.165) is 30.7 Å². The maximum absolute atomic E-state index is 11.3. The topological polar surface area (TPSA) is 17.1 Å². The molecule has 0 spiro atoms. The summed E-state index contributed by atoms with van der Waals surface area (Å²) in [5.74, 6) is 1.28. The Balaban J connectivity index is 1.99. The van der Waals surface area contributed by atoms with Gasteiger partial charge in [-0.15, -0.1) is 0 Å². The van der Waals surface area contributed by atoms with Crippen molar-refractivity contribution in [1.29, 1.82) is 0 Å². The number of carbonyl (C=O) groups excluding carboxylic acids is 1. The van der Waals surface area contributed by atoms with Gasteiger partial charge in [0.15, 0.2) is 0 Å². The fourth-order valence-electron chi connectivity index (χ4n) is 2.57. The van der Waals surface area contributed by atoms with Crippen molar-refractivity contribution in [2.45, 2.75) is 38.5 Å². The Hall–Kier alpha value is -0.820. The number of hydrogen-bond donors (Lipinski definition) is 0. The van der Waals surface area contributed by atoms with Gasteiger partial charge in [0, 0.05) is 10.9 Å². The van der Waals surface area contributed by atoms with Gasteiger partial charge in [-0.3, -0.25) is 4.79 Å². The Bertz CT molecular complexity index is 361. The molecule has 1 aliphatic rings. The minimum absolute atomic E-state index is 0.309. The zero-order valence-electron chi connectivity index (χ0n) is 9.58. The Morgan fingerprint density at radius 3 is 2.19 bits per heavy atom. The predicted molar refractivity (Wildman–Crippen MR) is 66.8 cm³/mol. The van der Waals surface area contributed by atoms with E-state index < -0.39 is 0 Å². The van der Waals surface area contributed by atoms with Crippen LogP contribution >= 0.6 is 11.6 Å². The first kappa shape index (κ1) is 11.7. The van der Waals surface area contributed by atoms with Crippen LogP contribution in [0.25, 0.3) is 0 Å². The highest BCUT2D eigenvalue weighted by molar-refractivity contribution is 6.30. The molecule has 1 aromatic rings. The molecule has 0 atom stereocenters. The molecule has 1 saturated carbocycles. The molecule has 1 nitrogen and oxygen atoms in total. The summed E-state index contributed by atoms with van der Waals surface area (Å²) in [5.41, 5.74) is 1.37. The Kier molecular flexibility index (Phi) is 3.65. The molecule has 0 unspecified atom stereocenters. The SMILES string of the molecule is CC(=O)C1CCC(c2ccc(Cl)cc2)CC1. The van der Waals surface area contributed by atoms with Crippen LogP contribution in [-0.4, -0.2) is 5.78 Å². The lowest BCUT2D eigenvalue weighted by Crippen LogP contribution is -2.18. The molecule has 1 aromatic carbocycles. The summed E-state index contributed by atoms with van der Waals surface area (Å²) in [6.45, 7) is 1.72. The van der Waals surface area contributed by atoms with Gasteiger partial charge in [-0.2, -0.15) is 0 Å². The molecule has 0 aliphatic heterocycles. The normalized spacial score (nSPS) is 25.4. The summed E-state index contributed by atoms with van der Waals surface area (Å²) in [6.07, 6.45) is 4.35. The highest BCUT2D eigenvalue weighted by atomic mass is 35.5. The van der Waals surface area contributed by atoms with E-state index in [1.807, 2.05) is 12.1 Å². The summed E-state index contributed by atoms with van der Waals surface area (Å²) in [4.78, 5) is 11.3. The number of hydrogen-bond acceptors (Lipinski definition) is 1. The molecular formula is C14H17ClO. The van der Waals surface area contributed by atoms with E-state index >= 15 is 0 Å². The van der Waals surface area contributed by atoms with Crippen LogP contribution in [0.15, 0.2) is 24.3 Å². The lowest BCUT2D eigenvalue weighted by Gasteiger charge is -2.27. The third kappa shape index (κ3) is 2.65. The van der Waals surface area contributed by atoms with Crippen molar-refractivity contribution in [3.05, 3.63) is 34.9 Å². The number of rotatable bonds is 2. The largest absolute Gasteiger partial charge is 0.300 e. The first-order chi connectivity index (χ1) is 7.66. The summed E-state index contributed by atoms with van der Waals surface area (Å²) in [6, 6.07) is 8.13. The van der Waals surface area contributed by atoms with Gasteiger partial charge in [-0.05, 0) is 56.2 Å². The molecule has 0 heterocycles. The minimum atomic E-state index is 0.309. The van der Waals surface area contributed by atoms with Crippen molar-refractivity contribution in [3.8, 4) is 0 Å². The lowest BCUT2D eigenvalue weighted by atomic mass is 9.77. The van der Waals surface area contributed by atoms with Crippen LogP contribution in [0.3, 0.4) is 0 Å². The van der Waals surface area contributed by atoms with Gasteiger partial charge in [0.2, 0.25) is 0 Å². The van der Waals surface area contributed by atoms with Crippen molar-refractivity contribution in [2.75, 3.05) is 0 Å². The number of ketones is 1. The Labute approximate surface area is 102 Å². The van der Waals surface area contributed by atoms with Crippen LogP contribution < -0.4 is 0 Å². The van der Waals surface area contributed by atoms with E-state index in [0.29, 0.717) is 17.6 Å². The molecule has 2 rings (SSSR count). The number of benzene rings is 1. The monoisotopic (exact) mass is 236 g/mol. The fraction of sp³-hybridized carbons (Fsp3) is 0.500. The second-order valence-corrected chi connectivity index (χ2v) is 5.15. The van der Waals surface area contributed by atoms with E-state index in [1.165, 1.54) is 5.56 Å². The van der Waals surface area contributed by atoms with Crippen LogP contribution in [-0.2, 0) is 4.79 Å². The van der Waals surface area contributed by atoms with E-state index in [-0.39, 0.29) is 0 Å². The highest BCUT2D eigenvalue weighted by Gasteiger charge is 2.24. The molecule has 86 valence electrons.